The first-order valence-corrected chi connectivity index (χ1v) is 8.10. The molecule has 108 valence electrons. The van der Waals surface area contributed by atoms with Crippen molar-refractivity contribution in [2.24, 2.45) is 5.41 Å². The molecule has 0 aromatic heterocycles. The Morgan fingerprint density at radius 3 is 2.39 bits per heavy atom. The predicted molar refractivity (Wildman–Crippen MR) is 81.1 cm³/mol. The van der Waals surface area contributed by atoms with Gasteiger partial charge in [-0.15, -0.1) is 0 Å². The zero-order chi connectivity index (χ0) is 13.4. The van der Waals surface area contributed by atoms with E-state index >= 15 is 0 Å². The van der Waals surface area contributed by atoms with Crippen molar-refractivity contribution in [3.05, 3.63) is 0 Å². The molecule has 1 N–H and O–H groups in total. The van der Waals surface area contributed by atoms with Crippen molar-refractivity contribution in [3.8, 4) is 0 Å². The molecule has 0 aromatic carbocycles. The molecule has 0 amide bonds. The minimum absolute atomic E-state index is 0.459. The van der Waals surface area contributed by atoms with Gasteiger partial charge in [-0.05, 0) is 44.2 Å². The molecule has 0 aromatic rings. The second-order valence-electron chi connectivity index (χ2n) is 6.40. The average Bonchev–Trinajstić information content (AvgIpc) is 3.16. The third-order valence-corrected chi connectivity index (χ3v) is 4.10. The van der Waals surface area contributed by atoms with Crippen molar-refractivity contribution in [3.63, 3.8) is 0 Å². The molecular formula is C16H34N2. The third-order valence-electron chi connectivity index (χ3n) is 4.10. The average molecular weight is 254 g/mol. The van der Waals surface area contributed by atoms with Crippen LogP contribution in [-0.4, -0.2) is 37.1 Å². The first-order valence-electron chi connectivity index (χ1n) is 8.10. The maximum Gasteiger partial charge on any atom is 0.00966 e. The van der Waals surface area contributed by atoms with Gasteiger partial charge in [0.25, 0.3) is 0 Å². The molecule has 0 saturated heterocycles. The van der Waals surface area contributed by atoms with E-state index in [0.717, 1.165) is 12.6 Å². The van der Waals surface area contributed by atoms with Crippen LogP contribution in [-0.2, 0) is 0 Å². The van der Waals surface area contributed by atoms with E-state index in [1.165, 1.54) is 58.2 Å². The Morgan fingerprint density at radius 1 is 1.17 bits per heavy atom. The van der Waals surface area contributed by atoms with Gasteiger partial charge in [0.15, 0.2) is 0 Å². The normalized spacial score (nSPS) is 19.2. The molecular weight excluding hydrogens is 220 g/mol. The van der Waals surface area contributed by atoms with Crippen molar-refractivity contribution in [1.29, 1.82) is 0 Å². The van der Waals surface area contributed by atoms with Crippen LogP contribution in [0.15, 0.2) is 0 Å². The van der Waals surface area contributed by atoms with Crippen molar-refractivity contribution < 1.29 is 0 Å². The Hall–Kier alpha value is -0.0800. The van der Waals surface area contributed by atoms with Crippen molar-refractivity contribution in [2.75, 3.05) is 26.2 Å². The summed E-state index contributed by atoms with van der Waals surface area (Å²) in [5, 5.41) is 3.57. The van der Waals surface area contributed by atoms with Crippen LogP contribution in [0.25, 0.3) is 0 Å². The van der Waals surface area contributed by atoms with E-state index in [-0.39, 0.29) is 0 Å². The lowest BCUT2D eigenvalue weighted by molar-refractivity contribution is 0.141. The molecule has 1 fully saturated rings. The van der Waals surface area contributed by atoms with Crippen molar-refractivity contribution in [1.82, 2.24) is 10.2 Å². The Kier molecular flexibility index (Phi) is 7.25. The standard InChI is InChI=1S/C16H34N2/c1-5-8-12-18(15-9-10-15)14-16(4,11-6-2)13-17-7-3/h15,17H,5-14H2,1-4H3. The quantitative estimate of drug-likeness (QED) is 0.605. The van der Waals surface area contributed by atoms with Gasteiger partial charge in [-0.2, -0.15) is 0 Å². The minimum atomic E-state index is 0.459. The summed E-state index contributed by atoms with van der Waals surface area (Å²) >= 11 is 0. The predicted octanol–water partition coefficient (Wildman–Crippen LogP) is 3.67. The van der Waals surface area contributed by atoms with Crippen LogP contribution in [0.1, 0.15) is 66.2 Å². The first-order chi connectivity index (χ1) is 8.65. The summed E-state index contributed by atoms with van der Waals surface area (Å²) < 4.78 is 0. The fraction of sp³-hybridized carbons (Fsp3) is 1.00. The lowest BCUT2D eigenvalue weighted by Gasteiger charge is -2.36. The lowest BCUT2D eigenvalue weighted by atomic mass is 9.84. The maximum atomic E-state index is 3.57. The van der Waals surface area contributed by atoms with Gasteiger partial charge in [-0.3, -0.25) is 4.90 Å². The second-order valence-corrected chi connectivity index (χ2v) is 6.40. The summed E-state index contributed by atoms with van der Waals surface area (Å²) in [6.45, 7) is 14.2. The van der Waals surface area contributed by atoms with E-state index in [1.54, 1.807) is 0 Å². The lowest BCUT2D eigenvalue weighted by Crippen LogP contribution is -2.43. The number of nitrogens with zero attached hydrogens (tertiary/aromatic N) is 1. The molecule has 1 atom stereocenters. The van der Waals surface area contributed by atoms with Gasteiger partial charge in [0.1, 0.15) is 0 Å². The summed E-state index contributed by atoms with van der Waals surface area (Å²) in [5.41, 5.74) is 0.459. The molecule has 2 heteroatoms. The van der Waals surface area contributed by atoms with E-state index in [9.17, 15) is 0 Å². The molecule has 2 nitrogen and oxygen atoms in total. The smallest absolute Gasteiger partial charge is 0.00966 e. The van der Waals surface area contributed by atoms with Crippen LogP contribution in [0.4, 0.5) is 0 Å². The molecule has 1 unspecified atom stereocenters. The Balaban J connectivity index is 2.48. The van der Waals surface area contributed by atoms with Crippen LogP contribution in [0.5, 0.6) is 0 Å². The molecule has 1 rings (SSSR count). The van der Waals surface area contributed by atoms with Crippen LogP contribution in [0, 0.1) is 5.41 Å². The van der Waals surface area contributed by atoms with Gasteiger partial charge in [-0.25, -0.2) is 0 Å². The third kappa shape index (κ3) is 5.71. The summed E-state index contributed by atoms with van der Waals surface area (Å²) in [5.74, 6) is 0. The van der Waals surface area contributed by atoms with Gasteiger partial charge < -0.3 is 5.32 Å². The molecule has 0 aliphatic heterocycles. The first kappa shape index (κ1) is 16.0. The number of rotatable bonds is 11. The van der Waals surface area contributed by atoms with E-state index in [0.29, 0.717) is 5.41 Å². The second kappa shape index (κ2) is 8.16. The Labute approximate surface area is 115 Å². The van der Waals surface area contributed by atoms with Gasteiger partial charge >= 0.3 is 0 Å². The van der Waals surface area contributed by atoms with Crippen LogP contribution in [0.2, 0.25) is 0 Å². The van der Waals surface area contributed by atoms with Gasteiger partial charge in [0, 0.05) is 19.1 Å². The van der Waals surface area contributed by atoms with Gasteiger partial charge in [0.05, 0.1) is 0 Å². The van der Waals surface area contributed by atoms with Gasteiger partial charge in [-0.1, -0.05) is 40.5 Å². The van der Waals surface area contributed by atoms with E-state index in [1.807, 2.05) is 0 Å². The highest BCUT2D eigenvalue weighted by molar-refractivity contribution is 4.89. The summed E-state index contributed by atoms with van der Waals surface area (Å²) in [7, 11) is 0. The number of hydrogen-bond donors (Lipinski definition) is 1. The maximum absolute atomic E-state index is 3.57. The number of hydrogen-bond acceptors (Lipinski definition) is 2. The van der Waals surface area contributed by atoms with E-state index in [4.69, 9.17) is 0 Å². The molecule has 0 bridgehead atoms. The topological polar surface area (TPSA) is 15.3 Å². The minimum Gasteiger partial charge on any atom is -0.316 e. The summed E-state index contributed by atoms with van der Waals surface area (Å²) in [6.07, 6.45) is 8.20. The zero-order valence-electron chi connectivity index (χ0n) is 13.1. The largest absolute Gasteiger partial charge is 0.316 e. The molecule has 1 aliphatic rings. The van der Waals surface area contributed by atoms with Crippen molar-refractivity contribution >= 4 is 0 Å². The number of nitrogens with one attached hydrogen (secondary N) is 1. The van der Waals surface area contributed by atoms with Crippen LogP contribution >= 0.6 is 0 Å². The molecule has 0 spiro atoms. The molecule has 1 saturated carbocycles. The van der Waals surface area contributed by atoms with Gasteiger partial charge in [0.2, 0.25) is 0 Å². The van der Waals surface area contributed by atoms with Crippen molar-refractivity contribution in [2.45, 2.75) is 72.3 Å². The summed E-state index contributed by atoms with van der Waals surface area (Å²) in [4.78, 5) is 2.77. The number of unbranched alkanes of at least 4 members (excludes halogenated alkanes) is 1. The van der Waals surface area contributed by atoms with E-state index < -0.39 is 0 Å². The zero-order valence-corrected chi connectivity index (χ0v) is 13.1. The molecule has 18 heavy (non-hydrogen) atoms. The van der Waals surface area contributed by atoms with E-state index in [2.05, 4.69) is 37.9 Å². The highest BCUT2D eigenvalue weighted by atomic mass is 15.2. The Morgan fingerprint density at radius 2 is 1.89 bits per heavy atom. The molecule has 1 aliphatic carbocycles. The highest BCUT2D eigenvalue weighted by Gasteiger charge is 2.33. The SMILES string of the molecule is CCCCN(CC(C)(CCC)CNCC)C1CC1. The molecule has 0 heterocycles. The molecule has 0 radical (unpaired) electrons. The summed E-state index contributed by atoms with van der Waals surface area (Å²) in [6, 6.07) is 0.911. The Bertz CT molecular complexity index is 213. The van der Waals surface area contributed by atoms with Crippen LogP contribution in [0.3, 0.4) is 0 Å². The monoisotopic (exact) mass is 254 g/mol. The fourth-order valence-corrected chi connectivity index (χ4v) is 2.94. The van der Waals surface area contributed by atoms with Crippen LogP contribution < -0.4 is 5.32 Å². The fourth-order valence-electron chi connectivity index (χ4n) is 2.94. The highest BCUT2D eigenvalue weighted by Crippen LogP contribution is 2.32.